The average Bonchev–Trinajstić information content (AvgIpc) is 2.02. The summed E-state index contributed by atoms with van der Waals surface area (Å²) in [5.74, 6) is -0.414. The largest absolute Gasteiger partial charge is 0.468 e. The summed E-state index contributed by atoms with van der Waals surface area (Å²) < 4.78 is 4.42. The summed E-state index contributed by atoms with van der Waals surface area (Å²) in [6.45, 7) is 1.80. The number of halogens is 1. The molecule has 64 valence electrons. The number of hydrogen-bond donors (Lipinski definition) is 1. The average molecular weight is 178 g/mol. The van der Waals surface area contributed by atoms with Crippen LogP contribution in [0.25, 0.3) is 0 Å². The molecule has 0 fully saturated rings. The molecule has 0 aromatic carbocycles. The van der Waals surface area contributed by atoms with Crippen LogP contribution in [0.2, 0.25) is 0 Å². The molecule has 0 saturated carbocycles. The van der Waals surface area contributed by atoms with Crippen LogP contribution in [0.15, 0.2) is 11.1 Å². The second-order valence-corrected chi connectivity index (χ2v) is 2.51. The first-order valence-electron chi connectivity index (χ1n) is 3.21. The molecule has 0 radical (unpaired) electrons. The van der Waals surface area contributed by atoms with Crippen molar-refractivity contribution in [1.29, 1.82) is 0 Å². The molecule has 4 heteroatoms. The van der Waals surface area contributed by atoms with Crippen LogP contribution in [0.5, 0.6) is 0 Å². The first kappa shape index (κ1) is 10.5. The predicted octanol–water partition coefficient (Wildman–Crippen LogP) is 1.02. The summed E-state index contributed by atoms with van der Waals surface area (Å²) >= 11 is 5.37. The van der Waals surface area contributed by atoms with Gasteiger partial charge in [-0.25, -0.2) is 0 Å². The van der Waals surface area contributed by atoms with Crippen molar-refractivity contribution in [1.82, 2.24) is 0 Å². The maximum absolute atomic E-state index is 10.7. The van der Waals surface area contributed by atoms with Gasteiger partial charge in [0, 0.05) is 5.54 Å². The van der Waals surface area contributed by atoms with Crippen molar-refractivity contribution in [3.63, 3.8) is 0 Å². The summed E-state index contributed by atoms with van der Waals surface area (Å²) in [5.41, 5.74) is 7.70. The van der Waals surface area contributed by atoms with Crippen molar-refractivity contribution in [3.8, 4) is 0 Å². The molecule has 0 aliphatic heterocycles. The molecule has 0 aromatic rings. The van der Waals surface area contributed by atoms with E-state index in [1.54, 1.807) is 6.92 Å². The van der Waals surface area contributed by atoms with Crippen molar-refractivity contribution >= 4 is 17.6 Å². The monoisotopic (exact) mass is 177 g/mol. The van der Waals surface area contributed by atoms with Crippen molar-refractivity contribution in [2.45, 2.75) is 19.4 Å². The number of carbonyl (C=O) groups excluding carboxylic acids is 1. The van der Waals surface area contributed by atoms with Gasteiger partial charge in [-0.15, -0.1) is 0 Å². The molecular formula is C7H12ClNO2. The van der Waals surface area contributed by atoms with E-state index in [2.05, 4.69) is 4.74 Å². The van der Waals surface area contributed by atoms with Gasteiger partial charge in [0.15, 0.2) is 0 Å². The molecule has 3 nitrogen and oxygen atoms in total. The van der Waals surface area contributed by atoms with Crippen molar-refractivity contribution in [3.05, 3.63) is 11.1 Å². The van der Waals surface area contributed by atoms with Gasteiger partial charge in [0.05, 0.1) is 7.11 Å². The van der Waals surface area contributed by atoms with E-state index in [0.717, 1.165) is 5.57 Å². The third kappa shape index (κ3) is 4.01. The van der Waals surface area contributed by atoms with Crippen LogP contribution >= 0.6 is 11.6 Å². The highest BCUT2D eigenvalue weighted by Crippen LogP contribution is 2.04. The van der Waals surface area contributed by atoms with Crippen molar-refractivity contribution in [2.75, 3.05) is 7.11 Å². The Bertz CT molecular complexity index is 168. The summed E-state index contributed by atoms with van der Waals surface area (Å²) in [6, 6.07) is -0.602. The first-order valence-corrected chi connectivity index (χ1v) is 3.64. The number of esters is 1. The zero-order chi connectivity index (χ0) is 8.85. The molecule has 0 saturated heterocycles. The van der Waals surface area contributed by atoms with Gasteiger partial charge in [-0.2, -0.15) is 0 Å². The van der Waals surface area contributed by atoms with Gasteiger partial charge in [0.25, 0.3) is 0 Å². The molecule has 0 heterocycles. The second kappa shape index (κ2) is 5.16. The van der Waals surface area contributed by atoms with E-state index in [4.69, 9.17) is 17.3 Å². The summed E-state index contributed by atoms with van der Waals surface area (Å²) in [7, 11) is 1.31. The Morgan fingerprint density at radius 2 is 2.36 bits per heavy atom. The van der Waals surface area contributed by atoms with Gasteiger partial charge in [-0.05, 0) is 13.3 Å². The highest BCUT2D eigenvalue weighted by molar-refractivity contribution is 6.25. The number of nitrogens with two attached hydrogens (primary N) is 1. The van der Waals surface area contributed by atoms with E-state index in [9.17, 15) is 4.79 Å². The normalized spacial score (nSPS) is 14.4. The fraction of sp³-hybridized carbons (Fsp3) is 0.571. The molecular weight excluding hydrogens is 166 g/mol. The Balaban J connectivity index is 3.87. The fourth-order valence-corrected chi connectivity index (χ4v) is 0.715. The van der Waals surface area contributed by atoms with Crippen LogP contribution in [0, 0.1) is 0 Å². The number of ether oxygens (including phenoxy) is 1. The maximum Gasteiger partial charge on any atom is 0.322 e. The van der Waals surface area contributed by atoms with E-state index in [1.165, 1.54) is 12.6 Å². The molecule has 0 spiro atoms. The lowest BCUT2D eigenvalue weighted by Crippen LogP contribution is -2.31. The molecule has 0 amide bonds. The van der Waals surface area contributed by atoms with Gasteiger partial charge in [-0.3, -0.25) is 4.79 Å². The van der Waals surface area contributed by atoms with Gasteiger partial charge < -0.3 is 10.5 Å². The van der Waals surface area contributed by atoms with Crippen LogP contribution in [0.4, 0.5) is 0 Å². The quantitative estimate of drug-likeness (QED) is 0.655. The zero-order valence-corrected chi connectivity index (χ0v) is 7.39. The lowest BCUT2D eigenvalue weighted by Gasteiger charge is -2.07. The van der Waals surface area contributed by atoms with Gasteiger partial charge in [-0.1, -0.05) is 17.2 Å². The van der Waals surface area contributed by atoms with E-state index in [-0.39, 0.29) is 0 Å². The molecule has 11 heavy (non-hydrogen) atoms. The summed E-state index contributed by atoms with van der Waals surface area (Å²) in [5, 5.41) is 0. The van der Waals surface area contributed by atoms with Crippen LogP contribution < -0.4 is 5.73 Å². The maximum atomic E-state index is 10.7. The lowest BCUT2D eigenvalue weighted by molar-refractivity contribution is -0.142. The number of hydrogen-bond acceptors (Lipinski definition) is 3. The summed E-state index contributed by atoms with van der Waals surface area (Å²) in [4.78, 5) is 10.7. The van der Waals surface area contributed by atoms with Crippen LogP contribution in [-0.2, 0) is 9.53 Å². The van der Waals surface area contributed by atoms with Gasteiger partial charge in [0.1, 0.15) is 6.04 Å². The topological polar surface area (TPSA) is 52.3 Å². The Hall–Kier alpha value is -0.540. The molecule has 0 bridgehead atoms. The standard InChI is InChI=1S/C7H12ClNO2/c1-5(4-8)3-6(9)7(10)11-2/h4,6H,3,9H2,1-2H3/b5-4+. The van der Waals surface area contributed by atoms with E-state index in [1.807, 2.05) is 0 Å². The minimum Gasteiger partial charge on any atom is -0.468 e. The Labute approximate surface area is 71.2 Å². The van der Waals surface area contributed by atoms with Crippen molar-refractivity contribution in [2.24, 2.45) is 5.73 Å². The molecule has 0 aliphatic rings. The molecule has 1 atom stereocenters. The highest BCUT2D eigenvalue weighted by Gasteiger charge is 2.13. The molecule has 1 unspecified atom stereocenters. The zero-order valence-electron chi connectivity index (χ0n) is 6.63. The van der Waals surface area contributed by atoms with Crippen LogP contribution in [-0.4, -0.2) is 19.1 Å². The molecule has 2 N–H and O–H groups in total. The van der Waals surface area contributed by atoms with E-state index >= 15 is 0 Å². The Morgan fingerprint density at radius 1 is 1.82 bits per heavy atom. The summed E-state index contributed by atoms with van der Waals surface area (Å²) in [6.07, 6.45) is 0.441. The second-order valence-electron chi connectivity index (χ2n) is 2.29. The molecule has 0 aromatic heterocycles. The SMILES string of the molecule is COC(=O)C(N)C/C(C)=C/Cl. The number of methoxy groups -OCH3 is 1. The molecule has 0 aliphatic carbocycles. The van der Waals surface area contributed by atoms with Gasteiger partial charge in [0.2, 0.25) is 0 Å². The minimum atomic E-state index is -0.602. The van der Waals surface area contributed by atoms with Gasteiger partial charge >= 0.3 is 5.97 Å². The van der Waals surface area contributed by atoms with E-state index in [0.29, 0.717) is 6.42 Å². The molecule has 0 rings (SSSR count). The van der Waals surface area contributed by atoms with Crippen LogP contribution in [0.3, 0.4) is 0 Å². The Kier molecular flexibility index (Phi) is 4.90. The fourth-order valence-electron chi connectivity index (χ4n) is 0.626. The third-order valence-corrected chi connectivity index (χ3v) is 1.60. The number of rotatable bonds is 3. The van der Waals surface area contributed by atoms with Crippen molar-refractivity contribution < 1.29 is 9.53 Å². The highest BCUT2D eigenvalue weighted by atomic mass is 35.5. The lowest BCUT2D eigenvalue weighted by atomic mass is 10.1. The van der Waals surface area contributed by atoms with Crippen LogP contribution in [0.1, 0.15) is 13.3 Å². The smallest absolute Gasteiger partial charge is 0.322 e. The number of carbonyl (C=O) groups is 1. The third-order valence-electron chi connectivity index (χ3n) is 1.23. The minimum absolute atomic E-state index is 0.414. The predicted molar refractivity (Wildman–Crippen MR) is 44.2 cm³/mol. The Morgan fingerprint density at radius 3 is 2.73 bits per heavy atom. The van der Waals surface area contributed by atoms with E-state index < -0.39 is 12.0 Å². The first-order chi connectivity index (χ1) is 5.11.